The molecule has 0 radical (unpaired) electrons. The van der Waals surface area contributed by atoms with Crippen LogP contribution in [0.25, 0.3) is 0 Å². The first-order chi connectivity index (χ1) is 12.8. The summed E-state index contributed by atoms with van der Waals surface area (Å²) in [6.45, 7) is 2.45. The minimum absolute atomic E-state index is 0.239. The Labute approximate surface area is 153 Å². The van der Waals surface area contributed by atoms with Crippen molar-refractivity contribution >= 4 is 11.7 Å². The molecule has 3 aromatic rings. The molecule has 0 heterocycles. The molecule has 3 aromatic carbocycles. The Morgan fingerprint density at radius 2 is 1.38 bits per heavy atom. The Hall–Kier alpha value is -3.27. The van der Waals surface area contributed by atoms with E-state index in [1.165, 1.54) is 0 Å². The maximum absolute atomic E-state index is 12.6. The summed E-state index contributed by atoms with van der Waals surface area (Å²) in [4.78, 5) is 12.6. The van der Waals surface area contributed by atoms with E-state index < -0.39 is 0 Å². The van der Waals surface area contributed by atoms with Gasteiger partial charge >= 0.3 is 6.03 Å². The van der Waals surface area contributed by atoms with E-state index in [0.717, 1.165) is 11.1 Å². The molecule has 0 aliphatic carbocycles. The molecule has 0 bridgehead atoms. The lowest BCUT2D eigenvalue weighted by molar-refractivity contribution is 0.250. The van der Waals surface area contributed by atoms with Gasteiger partial charge in [-0.05, 0) is 30.2 Å². The van der Waals surface area contributed by atoms with Crippen LogP contribution in [-0.4, -0.2) is 12.6 Å². The maximum atomic E-state index is 12.6. The fraction of sp³-hybridized carbons (Fsp3) is 0.136. The number of anilines is 1. The third kappa shape index (κ3) is 4.42. The molecule has 0 atom stereocenters. The summed E-state index contributed by atoms with van der Waals surface area (Å²) in [7, 11) is 0. The van der Waals surface area contributed by atoms with Crippen molar-refractivity contribution in [1.82, 2.24) is 5.32 Å². The van der Waals surface area contributed by atoms with Gasteiger partial charge < -0.3 is 15.4 Å². The highest BCUT2D eigenvalue weighted by Gasteiger charge is 2.17. The van der Waals surface area contributed by atoms with Crippen molar-refractivity contribution in [2.24, 2.45) is 0 Å². The highest BCUT2D eigenvalue weighted by molar-refractivity contribution is 5.91. The smallest absolute Gasteiger partial charge is 0.320 e. The average molecular weight is 346 g/mol. The van der Waals surface area contributed by atoms with Crippen molar-refractivity contribution < 1.29 is 9.53 Å². The number of para-hydroxylation sites is 2. The largest absolute Gasteiger partial charge is 0.492 e. The van der Waals surface area contributed by atoms with Crippen LogP contribution < -0.4 is 15.4 Å². The fourth-order valence-corrected chi connectivity index (χ4v) is 2.79. The van der Waals surface area contributed by atoms with Gasteiger partial charge in [-0.2, -0.15) is 0 Å². The molecule has 0 fully saturated rings. The molecule has 0 aromatic heterocycles. The van der Waals surface area contributed by atoms with Crippen LogP contribution in [0.2, 0.25) is 0 Å². The van der Waals surface area contributed by atoms with Gasteiger partial charge in [-0.25, -0.2) is 4.79 Å². The van der Waals surface area contributed by atoms with Crippen LogP contribution in [0.5, 0.6) is 5.75 Å². The molecule has 0 aliphatic heterocycles. The van der Waals surface area contributed by atoms with E-state index >= 15 is 0 Å². The van der Waals surface area contributed by atoms with Crippen molar-refractivity contribution in [3.63, 3.8) is 0 Å². The predicted molar refractivity (Wildman–Crippen MR) is 104 cm³/mol. The van der Waals surface area contributed by atoms with E-state index in [0.29, 0.717) is 18.0 Å². The van der Waals surface area contributed by atoms with E-state index in [1.54, 1.807) is 0 Å². The lowest BCUT2D eigenvalue weighted by atomic mass is 9.99. The van der Waals surface area contributed by atoms with Gasteiger partial charge in [0, 0.05) is 0 Å². The zero-order valence-corrected chi connectivity index (χ0v) is 14.7. The molecule has 0 saturated heterocycles. The first kappa shape index (κ1) is 17.5. The van der Waals surface area contributed by atoms with Crippen LogP contribution in [0.15, 0.2) is 84.9 Å². The zero-order chi connectivity index (χ0) is 18.2. The Bertz CT molecular complexity index is 796. The third-order valence-electron chi connectivity index (χ3n) is 3.98. The molecule has 26 heavy (non-hydrogen) atoms. The van der Waals surface area contributed by atoms with Crippen molar-refractivity contribution in [2.45, 2.75) is 13.0 Å². The Balaban J connectivity index is 1.80. The number of rotatable bonds is 6. The molecule has 132 valence electrons. The Morgan fingerprint density at radius 1 is 0.846 bits per heavy atom. The summed E-state index contributed by atoms with van der Waals surface area (Å²) in [5.41, 5.74) is 2.69. The van der Waals surface area contributed by atoms with Gasteiger partial charge in [0.05, 0.1) is 18.3 Å². The summed E-state index contributed by atoms with van der Waals surface area (Å²) >= 11 is 0. The minimum atomic E-state index is -0.283. The molecule has 4 heteroatoms. The van der Waals surface area contributed by atoms with Gasteiger partial charge in [0.2, 0.25) is 0 Å². The normalized spacial score (nSPS) is 10.4. The number of carbonyl (C=O) groups excluding carboxylic acids is 1. The second kappa shape index (κ2) is 8.72. The van der Waals surface area contributed by atoms with E-state index in [9.17, 15) is 4.79 Å². The minimum Gasteiger partial charge on any atom is -0.492 e. The molecule has 0 unspecified atom stereocenters. The van der Waals surface area contributed by atoms with Gasteiger partial charge in [-0.3, -0.25) is 0 Å². The highest BCUT2D eigenvalue weighted by atomic mass is 16.5. The van der Waals surface area contributed by atoms with E-state index in [2.05, 4.69) is 10.6 Å². The number of urea groups is 1. The molecular formula is C22H22N2O2. The van der Waals surface area contributed by atoms with Gasteiger partial charge in [0.25, 0.3) is 0 Å². The van der Waals surface area contributed by atoms with Crippen molar-refractivity contribution in [1.29, 1.82) is 0 Å². The van der Waals surface area contributed by atoms with Crippen molar-refractivity contribution in [3.8, 4) is 5.75 Å². The lowest BCUT2D eigenvalue weighted by Gasteiger charge is -2.21. The van der Waals surface area contributed by atoms with Crippen molar-refractivity contribution in [3.05, 3.63) is 96.1 Å². The number of nitrogens with one attached hydrogen (secondary N) is 2. The summed E-state index contributed by atoms with van der Waals surface area (Å²) in [5.74, 6) is 0.654. The summed E-state index contributed by atoms with van der Waals surface area (Å²) in [6, 6.07) is 26.7. The highest BCUT2D eigenvalue weighted by Crippen LogP contribution is 2.25. The zero-order valence-electron chi connectivity index (χ0n) is 14.7. The van der Waals surface area contributed by atoms with E-state index in [4.69, 9.17) is 4.74 Å². The number of hydrogen-bond acceptors (Lipinski definition) is 2. The van der Waals surface area contributed by atoms with Crippen LogP contribution >= 0.6 is 0 Å². The number of carbonyl (C=O) groups is 1. The summed E-state index contributed by atoms with van der Waals surface area (Å²) in [5, 5.41) is 5.95. The molecule has 2 N–H and O–H groups in total. The molecule has 0 saturated carbocycles. The van der Waals surface area contributed by atoms with E-state index in [-0.39, 0.29) is 12.1 Å². The van der Waals surface area contributed by atoms with Crippen LogP contribution in [0.4, 0.5) is 10.5 Å². The van der Waals surface area contributed by atoms with Gasteiger partial charge in [0.15, 0.2) is 0 Å². The van der Waals surface area contributed by atoms with E-state index in [1.807, 2.05) is 91.9 Å². The first-order valence-corrected chi connectivity index (χ1v) is 8.67. The quantitative estimate of drug-likeness (QED) is 0.660. The molecular weight excluding hydrogens is 324 g/mol. The summed E-state index contributed by atoms with van der Waals surface area (Å²) in [6.07, 6.45) is 0. The Morgan fingerprint density at radius 3 is 1.96 bits per heavy atom. The molecule has 2 amide bonds. The maximum Gasteiger partial charge on any atom is 0.320 e. The third-order valence-corrected chi connectivity index (χ3v) is 3.98. The molecule has 3 rings (SSSR count). The van der Waals surface area contributed by atoms with Gasteiger partial charge in [0.1, 0.15) is 5.75 Å². The molecule has 0 spiro atoms. The molecule has 4 nitrogen and oxygen atoms in total. The Kier molecular flexibility index (Phi) is 5.88. The van der Waals surface area contributed by atoms with Crippen LogP contribution in [-0.2, 0) is 0 Å². The number of benzene rings is 3. The number of hydrogen-bond donors (Lipinski definition) is 2. The lowest BCUT2D eigenvalue weighted by Crippen LogP contribution is -2.33. The predicted octanol–water partition coefficient (Wildman–Crippen LogP) is 5.00. The molecule has 0 aliphatic rings. The summed E-state index contributed by atoms with van der Waals surface area (Å²) < 4.78 is 5.57. The van der Waals surface area contributed by atoms with Gasteiger partial charge in [-0.15, -0.1) is 0 Å². The standard InChI is InChI=1S/C22H22N2O2/c1-2-26-20-16-10-9-15-19(20)23-22(25)24-21(17-11-5-3-6-12-17)18-13-7-4-8-14-18/h3-16,21H,2H2,1H3,(H2,23,24,25). The van der Waals surface area contributed by atoms with Gasteiger partial charge in [-0.1, -0.05) is 72.8 Å². The average Bonchev–Trinajstić information content (AvgIpc) is 2.69. The van der Waals surface area contributed by atoms with Crippen LogP contribution in [0.3, 0.4) is 0 Å². The second-order valence-corrected chi connectivity index (χ2v) is 5.78. The topological polar surface area (TPSA) is 50.4 Å². The monoisotopic (exact) mass is 346 g/mol. The fourth-order valence-electron chi connectivity index (χ4n) is 2.79. The number of amides is 2. The van der Waals surface area contributed by atoms with Crippen LogP contribution in [0, 0.1) is 0 Å². The SMILES string of the molecule is CCOc1ccccc1NC(=O)NC(c1ccccc1)c1ccccc1. The number of ether oxygens (including phenoxy) is 1. The van der Waals surface area contributed by atoms with Crippen LogP contribution in [0.1, 0.15) is 24.1 Å². The first-order valence-electron chi connectivity index (χ1n) is 8.67. The second-order valence-electron chi connectivity index (χ2n) is 5.78. The van der Waals surface area contributed by atoms with Crippen molar-refractivity contribution in [2.75, 3.05) is 11.9 Å².